The minimum absolute atomic E-state index is 0.578. The fourth-order valence-corrected chi connectivity index (χ4v) is 3.72. The Labute approximate surface area is 146 Å². The maximum Gasteiger partial charge on any atom is 0.115 e. The van der Waals surface area contributed by atoms with Crippen LogP contribution in [0.15, 0.2) is 42.5 Å². The van der Waals surface area contributed by atoms with Gasteiger partial charge in [0.15, 0.2) is 0 Å². The van der Waals surface area contributed by atoms with Crippen molar-refractivity contribution < 1.29 is 5.11 Å². The van der Waals surface area contributed by atoms with Crippen LogP contribution >= 0.6 is 11.6 Å². The Bertz CT molecular complexity index is 841. The van der Waals surface area contributed by atoms with Crippen LogP contribution in [-0.4, -0.2) is 28.5 Å². The molecule has 2 unspecified atom stereocenters. The summed E-state index contributed by atoms with van der Waals surface area (Å²) in [6.45, 7) is 3.91. The minimum atomic E-state index is -0.592. The monoisotopic (exact) mass is 343 g/mol. The van der Waals surface area contributed by atoms with E-state index < -0.39 is 11.5 Å². The van der Waals surface area contributed by atoms with E-state index >= 15 is 0 Å². The Hall–Kier alpha value is -2.04. The molecule has 126 valence electrons. The number of aromatic nitrogens is 2. The number of aliphatic hydroxyl groups excluding tert-OH is 1. The van der Waals surface area contributed by atoms with Crippen molar-refractivity contribution in [2.75, 3.05) is 12.4 Å². The van der Waals surface area contributed by atoms with Gasteiger partial charge in [-0.3, -0.25) is 5.10 Å². The Balaban J connectivity index is 2.29. The average Bonchev–Trinajstić information content (AvgIpc) is 3.02. The first-order valence-electron chi connectivity index (χ1n) is 8.14. The van der Waals surface area contributed by atoms with Gasteiger partial charge in [0.1, 0.15) is 5.52 Å². The molecule has 2 atom stereocenters. The van der Waals surface area contributed by atoms with Crippen LogP contribution in [0.5, 0.6) is 0 Å². The van der Waals surface area contributed by atoms with Crippen molar-refractivity contribution in [1.29, 1.82) is 0 Å². The number of fused-ring (bicyclic) bond motifs is 1. The fraction of sp³-hybridized carbons (Fsp3) is 0.316. The molecule has 1 aromatic heterocycles. The molecule has 3 rings (SSSR count). The third-order valence-corrected chi connectivity index (χ3v) is 5.18. The van der Waals surface area contributed by atoms with Crippen molar-refractivity contribution in [2.45, 2.75) is 31.8 Å². The van der Waals surface area contributed by atoms with Gasteiger partial charge in [-0.05, 0) is 37.1 Å². The summed E-state index contributed by atoms with van der Waals surface area (Å²) in [4.78, 5) is 0. The van der Waals surface area contributed by atoms with Crippen LogP contribution < -0.4 is 5.32 Å². The molecule has 0 aliphatic rings. The molecule has 0 saturated heterocycles. The largest absolute Gasteiger partial charge is 0.392 e. The van der Waals surface area contributed by atoms with Gasteiger partial charge in [0, 0.05) is 17.5 Å². The van der Waals surface area contributed by atoms with Crippen molar-refractivity contribution in [3.8, 4) is 0 Å². The normalized spacial score (nSPS) is 15.2. The second-order valence-electron chi connectivity index (χ2n) is 6.06. The lowest BCUT2D eigenvalue weighted by Gasteiger charge is -2.35. The second-order valence-corrected chi connectivity index (χ2v) is 6.49. The number of aromatic amines is 1. The number of halogens is 1. The number of hydrogen-bond donors (Lipinski definition) is 3. The lowest BCUT2D eigenvalue weighted by Crippen LogP contribution is -2.39. The van der Waals surface area contributed by atoms with Crippen molar-refractivity contribution in [3.63, 3.8) is 0 Å². The highest BCUT2D eigenvalue weighted by Gasteiger charge is 2.40. The number of nitrogens with zero attached hydrogens (tertiary/aromatic N) is 1. The average molecular weight is 344 g/mol. The molecule has 3 N–H and O–H groups in total. The van der Waals surface area contributed by atoms with E-state index in [0.29, 0.717) is 5.02 Å². The van der Waals surface area contributed by atoms with E-state index in [1.165, 1.54) is 0 Å². The number of para-hydroxylation sites is 1. The summed E-state index contributed by atoms with van der Waals surface area (Å²) in [5.74, 6) is 0. The number of hydrogen-bond acceptors (Lipinski definition) is 3. The number of benzene rings is 2. The molecule has 0 aliphatic carbocycles. The van der Waals surface area contributed by atoms with Gasteiger partial charge in [0.2, 0.25) is 0 Å². The fourth-order valence-electron chi connectivity index (χ4n) is 3.60. The third kappa shape index (κ3) is 2.46. The predicted octanol–water partition coefficient (Wildman–Crippen LogP) is 4.33. The number of anilines is 1. The van der Waals surface area contributed by atoms with Crippen molar-refractivity contribution in [3.05, 3.63) is 58.7 Å². The van der Waals surface area contributed by atoms with Crippen LogP contribution in [0.1, 0.15) is 31.5 Å². The number of aliphatic hydroxyl groups is 1. The molecule has 0 saturated carbocycles. The van der Waals surface area contributed by atoms with Gasteiger partial charge in [-0.25, -0.2) is 0 Å². The first-order chi connectivity index (χ1) is 11.5. The molecule has 0 radical (unpaired) electrons. The molecule has 3 aromatic rings. The Kier molecular flexibility index (Phi) is 4.52. The van der Waals surface area contributed by atoms with Crippen molar-refractivity contribution in [2.24, 2.45) is 0 Å². The summed E-state index contributed by atoms with van der Waals surface area (Å²) in [6.07, 6.45) is 0.137. The summed E-state index contributed by atoms with van der Waals surface area (Å²) < 4.78 is 0. The highest BCUT2D eigenvalue weighted by molar-refractivity contribution is 6.30. The second kappa shape index (κ2) is 6.46. The third-order valence-electron chi connectivity index (χ3n) is 4.93. The summed E-state index contributed by atoms with van der Waals surface area (Å²) >= 11 is 6.05. The molecular weight excluding hydrogens is 322 g/mol. The highest BCUT2D eigenvalue weighted by Crippen LogP contribution is 2.42. The van der Waals surface area contributed by atoms with E-state index in [-0.39, 0.29) is 0 Å². The predicted molar refractivity (Wildman–Crippen MR) is 99.8 cm³/mol. The molecule has 24 heavy (non-hydrogen) atoms. The lowest BCUT2D eigenvalue weighted by molar-refractivity contribution is 0.115. The van der Waals surface area contributed by atoms with Crippen LogP contribution in [0, 0.1) is 0 Å². The maximum atomic E-state index is 10.7. The number of rotatable bonds is 5. The van der Waals surface area contributed by atoms with Crippen LogP contribution in [0.2, 0.25) is 5.02 Å². The zero-order valence-electron chi connectivity index (χ0n) is 14.1. The van der Waals surface area contributed by atoms with Crippen LogP contribution in [0.25, 0.3) is 10.9 Å². The molecule has 0 spiro atoms. The van der Waals surface area contributed by atoms with Crippen molar-refractivity contribution in [1.82, 2.24) is 10.2 Å². The Morgan fingerprint density at radius 2 is 1.96 bits per heavy atom. The van der Waals surface area contributed by atoms with Gasteiger partial charge in [-0.15, -0.1) is 0 Å². The van der Waals surface area contributed by atoms with Gasteiger partial charge in [-0.1, -0.05) is 42.8 Å². The van der Waals surface area contributed by atoms with E-state index in [0.717, 1.165) is 34.3 Å². The van der Waals surface area contributed by atoms with E-state index in [1.54, 1.807) is 0 Å². The first-order valence-corrected chi connectivity index (χ1v) is 8.51. The van der Waals surface area contributed by atoms with Crippen LogP contribution in [0.3, 0.4) is 0 Å². The SMILES string of the molecule is CCC(c1ccc(Cl)cc1)(c1[nH]nc2c(NC)cccc12)C(C)O. The van der Waals surface area contributed by atoms with Gasteiger partial charge in [0.05, 0.1) is 22.9 Å². The van der Waals surface area contributed by atoms with Gasteiger partial charge < -0.3 is 10.4 Å². The number of nitrogens with one attached hydrogen (secondary N) is 2. The smallest absolute Gasteiger partial charge is 0.115 e. The molecule has 0 aliphatic heterocycles. The summed E-state index contributed by atoms with van der Waals surface area (Å²) in [7, 11) is 1.88. The van der Waals surface area contributed by atoms with E-state index in [1.807, 2.05) is 56.4 Å². The minimum Gasteiger partial charge on any atom is -0.392 e. The van der Waals surface area contributed by atoms with Crippen LogP contribution in [0.4, 0.5) is 5.69 Å². The summed E-state index contributed by atoms with van der Waals surface area (Å²) in [6, 6.07) is 13.7. The zero-order valence-corrected chi connectivity index (χ0v) is 14.9. The molecule has 0 fully saturated rings. The highest BCUT2D eigenvalue weighted by atomic mass is 35.5. The number of H-pyrrole nitrogens is 1. The maximum absolute atomic E-state index is 10.7. The summed E-state index contributed by atoms with van der Waals surface area (Å²) in [5, 5.41) is 23.3. The quantitative estimate of drug-likeness (QED) is 0.646. The topological polar surface area (TPSA) is 60.9 Å². The standard InChI is InChI=1S/C19H22ClN3O/c1-4-19(12(2)24,13-8-10-14(20)11-9-13)18-15-6-5-7-16(21-3)17(15)22-23-18/h5-12,21,24H,4H2,1-3H3,(H,22,23). The Morgan fingerprint density at radius 3 is 2.54 bits per heavy atom. The Morgan fingerprint density at radius 1 is 1.25 bits per heavy atom. The zero-order chi connectivity index (χ0) is 17.3. The van der Waals surface area contributed by atoms with Gasteiger partial charge in [-0.2, -0.15) is 5.10 Å². The molecule has 0 amide bonds. The molecule has 0 bridgehead atoms. The van der Waals surface area contributed by atoms with E-state index in [9.17, 15) is 5.11 Å². The molecule has 5 heteroatoms. The summed E-state index contributed by atoms with van der Waals surface area (Å²) in [5.41, 5.74) is 3.20. The van der Waals surface area contributed by atoms with E-state index in [2.05, 4.69) is 22.4 Å². The molecule has 2 aromatic carbocycles. The molecule has 4 nitrogen and oxygen atoms in total. The van der Waals surface area contributed by atoms with Crippen LogP contribution in [-0.2, 0) is 5.41 Å². The van der Waals surface area contributed by atoms with Gasteiger partial charge >= 0.3 is 0 Å². The molecular formula is C19H22ClN3O. The van der Waals surface area contributed by atoms with Crippen molar-refractivity contribution >= 4 is 28.2 Å². The van der Waals surface area contributed by atoms with Gasteiger partial charge in [0.25, 0.3) is 0 Å². The lowest BCUT2D eigenvalue weighted by atomic mass is 9.70. The van der Waals surface area contributed by atoms with E-state index in [4.69, 9.17) is 11.6 Å². The molecule has 1 heterocycles. The first kappa shape index (κ1) is 16.8.